The first-order valence-corrected chi connectivity index (χ1v) is 10.7. The predicted molar refractivity (Wildman–Crippen MR) is 127 cm³/mol. The van der Waals surface area contributed by atoms with Crippen molar-refractivity contribution in [2.45, 2.75) is 25.8 Å². The molecule has 9 heteroatoms. The maximum Gasteiger partial charge on any atom is 0.315 e. The van der Waals surface area contributed by atoms with E-state index in [2.05, 4.69) is 37.5 Å². The number of carbonyl (C=O) groups is 1. The molecule has 0 aliphatic carbocycles. The summed E-state index contributed by atoms with van der Waals surface area (Å²) >= 11 is 0. The SMILES string of the molecule is C#CCNC(=O)NC1CCN(c2ccc(-c3cc(OCC)cnc3C(C#N)=CN)cn2)CC1. The number of rotatable bonds is 7. The second-order valence-corrected chi connectivity index (χ2v) is 7.39. The Balaban J connectivity index is 1.72. The van der Waals surface area contributed by atoms with Gasteiger partial charge in [-0.2, -0.15) is 5.26 Å². The van der Waals surface area contributed by atoms with Gasteiger partial charge in [0.05, 0.1) is 30.6 Å². The standard InChI is InChI=1S/C24H27N7O2/c1-3-9-27-24(32)30-19-7-10-31(11-8-19)22-6-5-17(15-28-22)21-12-20(33-4-2)16-29-23(21)18(13-25)14-26/h1,5-6,12-13,15-16,19H,4,7-11,25H2,2H3,(H2,27,30,32). The molecule has 1 aliphatic heterocycles. The topological polar surface area (TPSA) is 129 Å². The number of allylic oxidation sites excluding steroid dienone is 1. The molecule has 3 rings (SSSR count). The van der Waals surface area contributed by atoms with Crippen LogP contribution in [0.2, 0.25) is 0 Å². The molecule has 2 aromatic heterocycles. The zero-order chi connectivity index (χ0) is 23.6. The van der Waals surface area contributed by atoms with Gasteiger partial charge in [-0.05, 0) is 38.0 Å². The van der Waals surface area contributed by atoms with Crippen LogP contribution in [0.25, 0.3) is 16.7 Å². The van der Waals surface area contributed by atoms with Crippen molar-refractivity contribution in [2.75, 3.05) is 31.1 Å². The summed E-state index contributed by atoms with van der Waals surface area (Å²) in [5, 5.41) is 15.0. The summed E-state index contributed by atoms with van der Waals surface area (Å²) in [6, 6.07) is 7.67. The third kappa shape index (κ3) is 5.92. The molecule has 9 nitrogen and oxygen atoms in total. The molecule has 2 amide bonds. The zero-order valence-corrected chi connectivity index (χ0v) is 18.5. The number of ether oxygens (including phenoxy) is 1. The largest absolute Gasteiger partial charge is 0.492 e. The number of hydrogen-bond donors (Lipinski definition) is 3. The van der Waals surface area contributed by atoms with E-state index < -0.39 is 0 Å². The Bertz CT molecular complexity index is 1080. The number of nitrogens with two attached hydrogens (primary N) is 1. The summed E-state index contributed by atoms with van der Waals surface area (Å²) in [5.41, 5.74) is 7.91. The van der Waals surface area contributed by atoms with Crippen molar-refractivity contribution in [3.8, 4) is 35.3 Å². The van der Waals surface area contributed by atoms with Gasteiger partial charge in [0, 0.05) is 42.7 Å². The minimum atomic E-state index is -0.240. The summed E-state index contributed by atoms with van der Waals surface area (Å²) in [4.78, 5) is 23.0. The van der Waals surface area contributed by atoms with Crippen molar-refractivity contribution in [1.29, 1.82) is 5.26 Å². The first kappa shape index (κ1) is 23.4. The molecule has 170 valence electrons. The van der Waals surface area contributed by atoms with E-state index in [1.54, 1.807) is 12.4 Å². The average Bonchev–Trinajstić information content (AvgIpc) is 2.85. The number of anilines is 1. The summed E-state index contributed by atoms with van der Waals surface area (Å²) in [7, 11) is 0. The van der Waals surface area contributed by atoms with Crippen molar-refractivity contribution in [2.24, 2.45) is 5.73 Å². The summed E-state index contributed by atoms with van der Waals surface area (Å²) in [6.07, 6.45) is 11.4. The smallest absolute Gasteiger partial charge is 0.315 e. The molecule has 0 bridgehead atoms. The number of hydrogen-bond acceptors (Lipinski definition) is 7. The zero-order valence-electron chi connectivity index (χ0n) is 18.5. The Morgan fingerprint density at radius 1 is 1.36 bits per heavy atom. The number of nitriles is 1. The van der Waals surface area contributed by atoms with E-state index in [1.165, 1.54) is 6.20 Å². The second kappa shape index (κ2) is 11.4. The van der Waals surface area contributed by atoms with E-state index in [1.807, 2.05) is 25.1 Å². The van der Waals surface area contributed by atoms with E-state index in [-0.39, 0.29) is 24.2 Å². The van der Waals surface area contributed by atoms with Crippen molar-refractivity contribution in [3.63, 3.8) is 0 Å². The van der Waals surface area contributed by atoms with Crippen LogP contribution in [-0.2, 0) is 0 Å². The van der Waals surface area contributed by atoms with Crippen molar-refractivity contribution < 1.29 is 9.53 Å². The second-order valence-electron chi connectivity index (χ2n) is 7.39. The first-order chi connectivity index (χ1) is 16.1. The number of terminal acetylenes is 1. The molecule has 4 N–H and O–H groups in total. The molecule has 0 radical (unpaired) electrons. The first-order valence-electron chi connectivity index (χ1n) is 10.7. The van der Waals surface area contributed by atoms with Crippen molar-refractivity contribution in [1.82, 2.24) is 20.6 Å². The minimum Gasteiger partial charge on any atom is -0.492 e. The van der Waals surface area contributed by atoms with Gasteiger partial charge in [-0.3, -0.25) is 4.98 Å². The molecule has 1 aliphatic rings. The Kier molecular flexibility index (Phi) is 8.09. The highest BCUT2D eigenvalue weighted by Gasteiger charge is 2.22. The maximum absolute atomic E-state index is 11.8. The van der Waals surface area contributed by atoms with Gasteiger partial charge in [0.15, 0.2) is 0 Å². The molecule has 0 unspecified atom stereocenters. The fourth-order valence-corrected chi connectivity index (χ4v) is 3.65. The maximum atomic E-state index is 11.8. The molecule has 33 heavy (non-hydrogen) atoms. The van der Waals surface area contributed by atoms with Crippen LogP contribution in [0.5, 0.6) is 5.75 Å². The van der Waals surface area contributed by atoms with Crippen LogP contribution in [0.1, 0.15) is 25.5 Å². The Morgan fingerprint density at radius 2 is 2.15 bits per heavy atom. The summed E-state index contributed by atoms with van der Waals surface area (Å²) in [6.45, 7) is 4.16. The molecule has 1 fully saturated rings. The highest BCUT2D eigenvalue weighted by molar-refractivity contribution is 5.85. The predicted octanol–water partition coefficient (Wildman–Crippen LogP) is 2.27. The lowest BCUT2D eigenvalue weighted by molar-refractivity contribution is 0.235. The highest BCUT2D eigenvalue weighted by atomic mass is 16.5. The number of nitrogens with zero attached hydrogens (tertiary/aromatic N) is 4. The fraction of sp³-hybridized carbons (Fsp3) is 0.333. The van der Waals surface area contributed by atoms with Gasteiger partial charge < -0.3 is 26.0 Å². The lowest BCUT2D eigenvalue weighted by atomic mass is 10.0. The van der Waals surface area contributed by atoms with Gasteiger partial charge in [-0.15, -0.1) is 6.42 Å². The van der Waals surface area contributed by atoms with Crippen LogP contribution in [0.4, 0.5) is 10.6 Å². The number of piperidine rings is 1. The van der Waals surface area contributed by atoms with E-state index >= 15 is 0 Å². The normalized spacial score (nSPS) is 14.2. The number of aromatic nitrogens is 2. The van der Waals surface area contributed by atoms with Crippen LogP contribution in [0.15, 0.2) is 36.8 Å². The van der Waals surface area contributed by atoms with Gasteiger partial charge in [0.2, 0.25) is 0 Å². The van der Waals surface area contributed by atoms with Crippen LogP contribution in [-0.4, -0.2) is 48.3 Å². The summed E-state index contributed by atoms with van der Waals surface area (Å²) in [5.74, 6) is 3.84. The number of carbonyl (C=O) groups excluding carboxylic acids is 1. The number of pyridine rings is 2. The molecule has 2 aromatic rings. The Hall–Kier alpha value is -4.24. The lowest BCUT2D eigenvalue weighted by Gasteiger charge is -2.33. The van der Waals surface area contributed by atoms with Crippen molar-refractivity contribution >= 4 is 17.4 Å². The third-order valence-corrected chi connectivity index (χ3v) is 5.28. The van der Waals surface area contributed by atoms with E-state index in [9.17, 15) is 10.1 Å². The number of urea groups is 1. The average molecular weight is 446 g/mol. The quantitative estimate of drug-likeness (QED) is 0.440. The van der Waals surface area contributed by atoms with E-state index in [0.29, 0.717) is 18.1 Å². The van der Waals surface area contributed by atoms with Crippen molar-refractivity contribution in [3.05, 3.63) is 42.5 Å². The fourth-order valence-electron chi connectivity index (χ4n) is 3.65. The van der Waals surface area contributed by atoms with Gasteiger partial charge in [-0.25, -0.2) is 9.78 Å². The minimum absolute atomic E-state index is 0.0979. The van der Waals surface area contributed by atoms with Gasteiger partial charge in [0.25, 0.3) is 0 Å². The monoisotopic (exact) mass is 445 g/mol. The van der Waals surface area contributed by atoms with E-state index in [4.69, 9.17) is 16.9 Å². The molecular weight excluding hydrogens is 418 g/mol. The van der Waals surface area contributed by atoms with Gasteiger partial charge in [-0.1, -0.05) is 5.92 Å². The van der Waals surface area contributed by atoms with Crippen LogP contribution in [0.3, 0.4) is 0 Å². The van der Waals surface area contributed by atoms with Gasteiger partial charge in [0.1, 0.15) is 17.6 Å². The Morgan fingerprint density at radius 3 is 2.76 bits per heavy atom. The molecule has 1 saturated heterocycles. The number of amides is 2. The van der Waals surface area contributed by atoms with Crippen LogP contribution >= 0.6 is 0 Å². The molecule has 0 spiro atoms. The van der Waals surface area contributed by atoms with Crippen LogP contribution < -0.4 is 26.0 Å². The molecule has 3 heterocycles. The third-order valence-electron chi connectivity index (χ3n) is 5.28. The van der Waals surface area contributed by atoms with Crippen LogP contribution in [0, 0.1) is 23.7 Å². The lowest BCUT2D eigenvalue weighted by Crippen LogP contribution is -2.48. The summed E-state index contributed by atoms with van der Waals surface area (Å²) < 4.78 is 5.58. The Labute approximate surface area is 193 Å². The molecule has 0 atom stereocenters. The molecule has 0 aromatic carbocycles. The molecule has 0 saturated carbocycles. The van der Waals surface area contributed by atoms with Gasteiger partial charge >= 0.3 is 6.03 Å². The van der Waals surface area contributed by atoms with E-state index in [0.717, 1.165) is 42.9 Å². The highest BCUT2D eigenvalue weighted by Crippen LogP contribution is 2.31. The molecular formula is C24H27N7O2. The number of nitrogens with one attached hydrogen (secondary N) is 2.